The van der Waals surface area contributed by atoms with E-state index in [0.29, 0.717) is 22.5 Å². The van der Waals surface area contributed by atoms with E-state index < -0.39 is 17.7 Å². The summed E-state index contributed by atoms with van der Waals surface area (Å²) in [5.41, 5.74) is 0.998. The second-order valence-corrected chi connectivity index (χ2v) is 4.90. The number of carbonyl (C=O) groups excluding carboxylic acids is 1. The molecule has 1 aromatic heterocycles. The molecule has 118 valence electrons. The number of ether oxygens (including phenoxy) is 1. The van der Waals surface area contributed by atoms with E-state index in [9.17, 15) is 18.0 Å². The monoisotopic (exact) mass is 312 g/mol. The molecule has 0 aliphatic heterocycles. The molecule has 0 fully saturated rings. The Balaban J connectivity index is 2.40. The highest BCUT2D eigenvalue weighted by Gasteiger charge is 2.30. The topological polar surface area (TPSA) is 44.1 Å². The average Bonchev–Trinajstić information content (AvgIpc) is 2.72. The highest BCUT2D eigenvalue weighted by Crippen LogP contribution is 2.30. The maximum atomic E-state index is 12.7. The number of benzene rings is 1. The number of esters is 1. The molecule has 1 heterocycles. The van der Waals surface area contributed by atoms with Crippen LogP contribution in [0.5, 0.6) is 0 Å². The van der Waals surface area contributed by atoms with Crippen LogP contribution in [0.25, 0.3) is 0 Å². The summed E-state index contributed by atoms with van der Waals surface area (Å²) in [7, 11) is 2.92. The fourth-order valence-electron chi connectivity index (χ4n) is 2.22. The van der Waals surface area contributed by atoms with E-state index in [1.54, 1.807) is 20.0 Å². The van der Waals surface area contributed by atoms with E-state index in [4.69, 9.17) is 4.74 Å². The van der Waals surface area contributed by atoms with Gasteiger partial charge in [0.2, 0.25) is 0 Å². The Morgan fingerprint density at radius 3 is 2.64 bits per heavy atom. The van der Waals surface area contributed by atoms with Crippen molar-refractivity contribution in [2.24, 2.45) is 7.05 Å². The van der Waals surface area contributed by atoms with Crippen molar-refractivity contribution in [3.63, 3.8) is 0 Å². The predicted octanol–water partition coefficient (Wildman–Crippen LogP) is 3.12. The van der Waals surface area contributed by atoms with Crippen molar-refractivity contribution in [2.75, 3.05) is 7.11 Å². The first-order valence-electron chi connectivity index (χ1n) is 6.51. The first kappa shape index (κ1) is 16.1. The Morgan fingerprint density at radius 1 is 1.36 bits per heavy atom. The van der Waals surface area contributed by atoms with Gasteiger partial charge in [0.05, 0.1) is 18.4 Å². The van der Waals surface area contributed by atoms with Gasteiger partial charge in [0.1, 0.15) is 5.56 Å². The number of nitrogens with zero attached hydrogens (tertiary/aromatic N) is 2. The van der Waals surface area contributed by atoms with Crippen LogP contribution in [0, 0.1) is 6.92 Å². The summed E-state index contributed by atoms with van der Waals surface area (Å²) in [6.07, 6.45) is -4.28. The van der Waals surface area contributed by atoms with E-state index in [2.05, 4.69) is 5.10 Å². The maximum Gasteiger partial charge on any atom is 0.416 e. The molecular weight excluding hydrogens is 297 g/mol. The SMILES string of the molecule is COC(=O)c1c(Cc2cccc(C(F)(F)F)c2)nn(C)c1C. The number of aromatic nitrogens is 2. The van der Waals surface area contributed by atoms with Crippen LogP contribution < -0.4 is 0 Å². The second-order valence-electron chi connectivity index (χ2n) is 4.90. The van der Waals surface area contributed by atoms with E-state index in [0.717, 1.165) is 12.1 Å². The zero-order valence-corrected chi connectivity index (χ0v) is 12.4. The molecule has 0 radical (unpaired) electrons. The molecule has 7 heteroatoms. The van der Waals surface area contributed by atoms with Gasteiger partial charge in [-0.15, -0.1) is 0 Å². The molecule has 0 amide bonds. The maximum absolute atomic E-state index is 12.7. The highest BCUT2D eigenvalue weighted by atomic mass is 19.4. The van der Waals surface area contributed by atoms with Crippen LogP contribution in [0.4, 0.5) is 13.2 Å². The minimum atomic E-state index is -4.40. The van der Waals surface area contributed by atoms with Crippen molar-refractivity contribution in [1.29, 1.82) is 0 Å². The van der Waals surface area contributed by atoms with Gasteiger partial charge >= 0.3 is 12.1 Å². The fraction of sp³-hybridized carbons (Fsp3) is 0.333. The number of halogens is 3. The molecule has 0 saturated carbocycles. The van der Waals surface area contributed by atoms with Crippen molar-refractivity contribution in [2.45, 2.75) is 19.5 Å². The Morgan fingerprint density at radius 2 is 2.05 bits per heavy atom. The molecular formula is C15H15F3N2O2. The minimum absolute atomic E-state index is 0.121. The van der Waals surface area contributed by atoms with Gasteiger partial charge in [-0.25, -0.2) is 4.79 Å². The van der Waals surface area contributed by atoms with Crippen molar-refractivity contribution >= 4 is 5.97 Å². The van der Waals surface area contributed by atoms with Crippen LogP contribution in [0.3, 0.4) is 0 Å². The molecule has 0 spiro atoms. The van der Waals surface area contributed by atoms with Gasteiger partial charge in [0, 0.05) is 19.2 Å². The molecule has 0 saturated heterocycles. The number of rotatable bonds is 3. The number of hydrogen-bond donors (Lipinski definition) is 0. The third-order valence-electron chi connectivity index (χ3n) is 3.42. The number of carbonyl (C=O) groups is 1. The third-order valence-corrected chi connectivity index (χ3v) is 3.42. The first-order chi connectivity index (χ1) is 10.2. The molecule has 0 N–H and O–H groups in total. The van der Waals surface area contributed by atoms with Crippen LogP contribution in [0.2, 0.25) is 0 Å². The van der Waals surface area contributed by atoms with Crippen molar-refractivity contribution in [1.82, 2.24) is 9.78 Å². The summed E-state index contributed by atoms with van der Waals surface area (Å²) in [6, 6.07) is 4.98. The van der Waals surface area contributed by atoms with E-state index in [1.165, 1.54) is 17.9 Å². The summed E-state index contributed by atoms with van der Waals surface area (Å²) >= 11 is 0. The molecule has 1 aromatic carbocycles. The van der Waals surface area contributed by atoms with Gasteiger partial charge in [0.15, 0.2) is 0 Å². The lowest BCUT2D eigenvalue weighted by atomic mass is 10.0. The standard InChI is InChI=1S/C15H15F3N2O2/c1-9-13(14(21)22-3)12(19-20(9)2)8-10-5-4-6-11(7-10)15(16,17)18/h4-7H,8H2,1-3H3. The van der Waals surface area contributed by atoms with Gasteiger partial charge in [-0.05, 0) is 18.6 Å². The predicted molar refractivity (Wildman–Crippen MR) is 73.5 cm³/mol. The van der Waals surface area contributed by atoms with E-state index >= 15 is 0 Å². The van der Waals surface area contributed by atoms with Crippen LogP contribution in [0.15, 0.2) is 24.3 Å². The van der Waals surface area contributed by atoms with Gasteiger partial charge in [-0.2, -0.15) is 18.3 Å². The van der Waals surface area contributed by atoms with Gasteiger partial charge in [-0.1, -0.05) is 18.2 Å². The summed E-state index contributed by atoms with van der Waals surface area (Å²) < 4.78 is 44.5. The molecule has 22 heavy (non-hydrogen) atoms. The Hall–Kier alpha value is -2.31. The van der Waals surface area contributed by atoms with Crippen molar-refractivity contribution < 1.29 is 22.7 Å². The lowest BCUT2D eigenvalue weighted by Gasteiger charge is -2.08. The number of alkyl halides is 3. The molecule has 0 aliphatic carbocycles. The number of methoxy groups -OCH3 is 1. The Labute approximate surface area is 125 Å². The van der Waals surface area contributed by atoms with Crippen molar-refractivity contribution in [3.05, 3.63) is 52.3 Å². The van der Waals surface area contributed by atoms with Crippen LogP contribution in [0.1, 0.15) is 32.9 Å². The molecule has 0 bridgehead atoms. The quantitative estimate of drug-likeness (QED) is 0.818. The van der Waals surface area contributed by atoms with Crippen molar-refractivity contribution in [3.8, 4) is 0 Å². The molecule has 2 aromatic rings. The van der Waals surface area contributed by atoms with E-state index in [1.807, 2.05) is 0 Å². The fourth-order valence-corrected chi connectivity index (χ4v) is 2.22. The summed E-state index contributed by atoms with van der Waals surface area (Å²) in [5, 5.41) is 4.20. The summed E-state index contributed by atoms with van der Waals surface area (Å²) in [5.74, 6) is -0.549. The van der Waals surface area contributed by atoms with Crippen LogP contribution in [-0.4, -0.2) is 22.9 Å². The molecule has 0 atom stereocenters. The highest BCUT2D eigenvalue weighted by molar-refractivity contribution is 5.92. The molecule has 0 unspecified atom stereocenters. The lowest BCUT2D eigenvalue weighted by molar-refractivity contribution is -0.137. The van der Waals surface area contributed by atoms with Gasteiger partial charge in [0.25, 0.3) is 0 Å². The zero-order valence-electron chi connectivity index (χ0n) is 12.4. The Bertz CT molecular complexity index is 705. The molecule has 2 rings (SSSR count). The Kier molecular flexibility index (Phi) is 4.25. The van der Waals surface area contributed by atoms with Gasteiger partial charge < -0.3 is 4.74 Å². The smallest absolute Gasteiger partial charge is 0.416 e. The first-order valence-corrected chi connectivity index (χ1v) is 6.51. The number of aryl methyl sites for hydroxylation is 1. The molecule has 0 aliphatic rings. The van der Waals surface area contributed by atoms with E-state index in [-0.39, 0.29) is 6.42 Å². The normalized spacial score (nSPS) is 11.5. The van der Waals surface area contributed by atoms with Crippen LogP contribution >= 0.6 is 0 Å². The summed E-state index contributed by atoms with van der Waals surface area (Å²) in [4.78, 5) is 11.8. The summed E-state index contributed by atoms with van der Waals surface area (Å²) in [6.45, 7) is 1.70. The lowest BCUT2D eigenvalue weighted by Crippen LogP contribution is -2.08. The largest absolute Gasteiger partial charge is 0.465 e. The minimum Gasteiger partial charge on any atom is -0.465 e. The third kappa shape index (κ3) is 3.13. The van der Waals surface area contributed by atoms with Gasteiger partial charge in [-0.3, -0.25) is 4.68 Å². The number of hydrogen-bond acceptors (Lipinski definition) is 3. The molecule has 4 nitrogen and oxygen atoms in total. The second kappa shape index (κ2) is 5.82. The van der Waals surface area contributed by atoms with Crippen LogP contribution in [-0.2, 0) is 24.4 Å². The average molecular weight is 312 g/mol. The zero-order chi connectivity index (χ0) is 16.5.